The second kappa shape index (κ2) is 5.35. The van der Waals surface area contributed by atoms with E-state index in [1.54, 1.807) is 31.2 Å². The molecule has 2 aromatic rings. The van der Waals surface area contributed by atoms with E-state index in [9.17, 15) is 8.42 Å². The zero-order valence-corrected chi connectivity index (χ0v) is 13.0. The lowest BCUT2D eigenvalue weighted by atomic mass is 10.2. The van der Waals surface area contributed by atoms with Crippen LogP contribution in [0.3, 0.4) is 0 Å². The Morgan fingerprint density at radius 2 is 1.68 bits per heavy atom. The Balaban J connectivity index is 2.44. The summed E-state index contributed by atoms with van der Waals surface area (Å²) in [6, 6.07) is 12.5. The van der Waals surface area contributed by atoms with Crippen LogP contribution in [-0.2, 0) is 10.0 Å². The first-order valence-electron chi connectivity index (χ1n) is 5.75. The molecule has 100 valence electrons. The third kappa shape index (κ3) is 3.16. The van der Waals surface area contributed by atoms with E-state index in [1.165, 1.54) is 0 Å². The average Bonchev–Trinajstić information content (AvgIpc) is 2.35. The highest BCUT2D eigenvalue weighted by Gasteiger charge is 2.17. The number of halogens is 1. The van der Waals surface area contributed by atoms with Gasteiger partial charge in [0.25, 0.3) is 10.0 Å². The zero-order chi connectivity index (χ0) is 14.0. The smallest absolute Gasteiger partial charge is 0.262 e. The molecule has 2 aromatic carbocycles. The molecule has 0 heterocycles. The summed E-state index contributed by atoms with van der Waals surface area (Å²) in [5, 5.41) is 0. The summed E-state index contributed by atoms with van der Waals surface area (Å²) >= 11 is 3.30. The Labute approximate surface area is 121 Å². The summed E-state index contributed by atoms with van der Waals surface area (Å²) in [4.78, 5) is 0.283. The van der Waals surface area contributed by atoms with E-state index in [0.717, 1.165) is 10.0 Å². The van der Waals surface area contributed by atoms with Gasteiger partial charge in [-0.2, -0.15) is 0 Å². The number of rotatable bonds is 3. The Kier molecular flexibility index (Phi) is 3.96. The molecule has 0 spiro atoms. The van der Waals surface area contributed by atoms with Crippen molar-refractivity contribution in [2.75, 3.05) is 4.72 Å². The maximum Gasteiger partial charge on any atom is 0.262 e. The topological polar surface area (TPSA) is 46.2 Å². The van der Waals surface area contributed by atoms with Crippen molar-refractivity contribution in [3.63, 3.8) is 0 Å². The highest BCUT2D eigenvalue weighted by molar-refractivity contribution is 9.10. The minimum Gasteiger partial charge on any atom is -0.279 e. The minimum absolute atomic E-state index is 0.283. The van der Waals surface area contributed by atoms with Crippen molar-refractivity contribution >= 4 is 31.6 Å². The van der Waals surface area contributed by atoms with Gasteiger partial charge in [-0.15, -0.1) is 0 Å². The molecule has 0 aliphatic carbocycles. The lowest BCUT2D eigenvalue weighted by Gasteiger charge is -2.12. The molecule has 5 heteroatoms. The molecule has 0 radical (unpaired) electrons. The van der Waals surface area contributed by atoms with E-state index in [4.69, 9.17) is 0 Å². The normalized spacial score (nSPS) is 11.3. The van der Waals surface area contributed by atoms with E-state index in [2.05, 4.69) is 20.7 Å². The molecule has 0 atom stereocenters. The molecule has 0 aliphatic rings. The average molecular weight is 340 g/mol. The monoisotopic (exact) mass is 339 g/mol. The Morgan fingerprint density at radius 3 is 2.37 bits per heavy atom. The quantitative estimate of drug-likeness (QED) is 0.922. The van der Waals surface area contributed by atoms with E-state index >= 15 is 0 Å². The zero-order valence-electron chi connectivity index (χ0n) is 10.6. The fourth-order valence-corrected chi connectivity index (χ4v) is 3.67. The van der Waals surface area contributed by atoms with Gasteiger partial charge >= 0.3 is 0 Å². The summed E-state index contributed by atoms with van der Waals surface area (Å²) in [6.07, 6.45) is 0. The van der Waals surface area contributed by atoms with Crippen LogP contribution in [0.4, 0.5) is 5.69 Å². The summed E-state index contributed by atoms with van der Waals surface area (Å²) < 4.78 is 28.2. The van der Waals surface area contributed by atoms with Gasteiger partial charge in [-0.05, 0) is 43.2 Å². The lowest BCUT2D eigenvalue weighted by molar-refractivity contribution is 0.600. The maximum atomic E-state index is 12.4. The molecule has 0 amide bonds. The van der Waals surface area contributed by atoms with Crippen LogP contribution in [-0.4, -0.2) is 8.42 Å². The summed E-state index contributed by atoms with van der Waals surface area (Å²) in [7, 11) is -3.57. The van der Waals surface area contributed by atoms with Gasteiger partial charge in [-0.1, -0.05) is 40.2 Å². The lowest BCUT2D eigenvalue weighted by Crippen LogP contribution is -2.15. The largest absolute Gasteiger partial charge is 0.279 e. The van der Waals surface area contributed by atoms with Crippen LogP contribution in [0, 0.1) is 13.8 Å². The molecule has 19 heavy (non-hydrogen) atoms. The summed E-state index contributed by atoms with van der Waals surface area (Å²) in [5.74, 6) is 0. The van der Waals surface area contributed by atoms with Gasteiger partial charge in [-0.25, -0.2) is 8.42 Å². The van der Waals surface area contributed by atoms with Crippen LogP contribution in [0.2, 0.25) is 0 Å². The van der Waals surface area contributed by atoms with Crippen molar-refractivity contribution in [2.45, 2.75) is 18.7 Å². The number of aryl methyl sites for hydroxylation is 2. The number of hydrogen-bond donors (Lipinski definition) is 1. The molecule has 0 bridgehead atoms. The predicted octanol–water partition coefficient (Wildman–Crippen LogP) is 3.87. The molecule has 0 aliphatic heterocycles. The molecule has 0 saturated carbocycles. The number of hydrogen-bond acceptors (Lipinski definition) is 2. The number of benzene rings is 2. The fraction of sp³-hybridized carbons (Fsp3) is 0.143. The minimum atomic E-state index is -3.57. The van der Waals surface area contributed by atoms with Crippen molar-refractivity contribution in [2.24, 2.45) is 0 Å². The summed E-state index contributed by atoms with van der Waals surface area (Å²) in [6.45, 7) is 3.64. The number of para-hydroxylation sites is 1. The predicted molar refractivity (Wildman–Crippen MR) is 80.9 cm³/mol. The van der Waals surface area contributed by atoms with Crippen LogP contribution in [0.25, 0.3) is 0 Å². The Bertz CT molecular complexity index is 711. The van der Waals surface area contributed by atoms with E-state index in [0.29, 0.717) is 11.3 Å². The first-order valence-corrected chi connectivity index (χ1v) is 8.02. The van der Waals surface area contributed by atoms with Gasteiger partial charge in [-0.3, -0.25) is 4.72 Å². The molecule has 0 aromatic heterocycles. The number of nitrogens with one attached hydrogen (secondary N) is 1. The molecular weight excluding hydrogens is 326 g/mol. The van der Waals surface area contributed by atoms with Gasteiger partial charge in [0.15, 0.2) is 0 Å². The third-order valence-corrected chi connectivity index (χ3v) is 4.83. The Hall–Kier alpha value is -1.33. The van der Waals surface area contributed by atoms with Gasteiger partial charge in [0.2, 0.25) is 0 Å². The van der Waals surface area contributed by atoms with Crippen molar-refractivity contribution in [1.82, 2.24) is 0 Å². The molecule has 3 nitrogen and oxygen atoms in total. The molecular formula is C14H14BrNO2S. The molecule has 1 N–H and O–H groups in total. The van der Waals surface area contributed by atoms with Crippen LogP contribution in [0.5, 0.6) is 0 Å². The first-order chi connectivity index (χ1) is 8.90. The van der Waals surface area contributed by atoms with Crippen molar-refractivity contribution < 1.29 is 8.42 Å². The second-order valence-electron chi connectivity index (χ2n) is 4.33. The van der Waals surface area contributed by atoms with Crippen molar-refractivity contribution in [3.8, 4) is 0 Å². The third-order valence-electron chi connectivity index (χ3n) is 2.83. The van der Waals surface area contributed by atoms with E-state index in [1.807, 2.05) is 25.1 Å². The van der Waals surface area contributed by atoms with Crippen LogP contribution < -0.4 is 4.72 Å². The molecule has 2 rings (SSSR count). The highest BCUT2D eigenvalue weighted by atomic mass is 79.9. The van der Waals surface area contributed by atoms with E-state index < -0.39 is 10.0 Å². The van der Waals surface area contributed by atoms with Gasteiger partial charge in [0.1, 0.15) is 0 Å². The van der Waals surface area contributed by atoms with Crippen LogP contribution in [0.15, 0.2) is 51.8 Å². The number of anilines is 1. The molecule has 0 saturated heterocycles. The SMILES string of the molecule is Cc1ccccc1NS(=O)(=O)c1cc(Br)ccc1C. The van der Waals surface area contributed by atoms with E-state index in [-0.39, 0.29) is 4.90 Å². The molecule has 0 fully saturated rings. The fourth-order valence-electron chi connectivity index (χ4n) is 1.75. The van der Waals surface area contributed by atoms with Crippen molar-refractivity contribution in [3.05, 3.63) is 58.1 Å². The second-order valence-corrected chi connectivity index (χ2v) is 6.90. The van der Waals surface area contributed by atoms with Crippen molar-refractivity contribution in [1.29, 1.82) is 0 Å². The Morgan fingerprint density at radius 1 is 1.00 bits per heavy atom. The van der Waals surface area contributed by atoms with Gasteiger partial charge in [0.05, 0.1) is 10.6 Å². The maximum absolute atomic E-state index is 12.4. The van der Waals surface area contributed by atoms with Gasteiger partial charge in [0, 0.05) is 4.47 Å². The van der Waals surface area contributed by atoms with Crippen LogP contribution >= 0.6 is 15.9 Å². The first kappa shape index (κ1) is 14.1. The standard InChI is InChI=1S/C14H14BrNO2S/c1-10-5-3-4-6-13(10)16-19(17,18)14-9-12(15)8-7-11(14)2/h3-9,16H,1-2H3. The van der Waals surface area contributed by atoms with Crippen LogP contribution in [0.1, 0.15) is 11.1 Å². The molecule has 0 unspecified atom stereocenters. The summed E-state index contributed by atoms with van der Waals surface area (Å²) in [5.41, 5.74) is 2.20. The number of sulfonamides is 1. The highest BCUT2D eigenvalue weighted by Crippen LogP contribution is 2.24. The van der Waals surface area contributed by atoms with Gasteiger partial charge < -0.3 is 0 Å².